The van der Waals surface area contributed by atoms with E-state index in [1.54, 1.807) is 12.3 Å². The highest BCUT2D eigenvalue weighted by Gasteiger charge is 2.05. The second kappa shape index (κ2) is 3.89. The van der Waals surface area contributed by atoms with Crippen LogP contribution in [0.25, 0.3) is 0 Å². The summed E-state index contributed by atoms with van der Waals surface area (Å²) in [6.45, 7) is 2.46. The van der Waals surface area contributed by atoms with Gasteiger partial charge in [0.05, 0.1) is 12.7 Å². The van der Waals surface area contributed by atoms with Crippen molar-refractivity contribution in [1.82, 2.24) is 4.57 Å². The van der Waals surface area contributed by atoms with Crippen LogP contribution in [0.15, 0.2) is 23.1 Å². The molecule has 0 bridgehead atoms. The fourth-order valence-electron chi connectivity index (χ4n) is 1.01. The Labute approximate surface area is 75.8 Å². The number of aromatic nitrogens is 1. The Morgan fingerprint density at radius 1 is 1.62 bits per heavy atom. The maximum Gasteiger partial charge on any atom is 0.338 e. The number of carbonyl (C=O) groups excluding carboxylic acids is 1. The molecular formula is C9H11NO3. The number of esters is 1. The van der Waals surface area contributed by atoms with Gasteiger partial charge in [-0.1, -0.05) is 0 Å². The first-order valence-electron chi connectivity index (χ1n) is 3.98. The molecule has 1 heterocycles. The van der Waals surface area contributed by atoms with E-state index in [1.807, 2.05) is 6.92 Å². The van der Waals surface area contributed by atoms with Gasteiger partial charge in [-0.2, -0.15) is 0 Å². The van der Waals surface area contributed by atoms with Crippen molar-refractivity contribution in [3.8, 4) is 0 Å². The van der Waals surface area contributed by atoms with Crippen LogP contribution in [0.1, 0.15) is 17.3 Å². The van der Waals surface area contributed by atoms with E-state index in [0.29, 0.717) is 6.54 Å². The summed E-state index contributed by atoms with van der Waals surface area (Å²) in [4.78, 5) is 22.2. The predicted octanol–water partition coefficient (Wildman–Crippen LogP) is 0.655. The Morgan fingerprint density at radius 3 is 2.77 bits per heavy atom. The molecule has 0 fully saturated rings. The summed E-state index contributed by atoms with van der Waals surface area (Å²) in [5.74, 6) is -0.486. The van der Waals surface area contributed by atoms with Crippen LogP contribution in [0.4, 0.5) is 0 Å². The second-order valence-electron chi connectivity index (χ2n) is 2.53. The van der Waals surface area contributed by atoms with Crippen LogP contribution in [0, 0.1) is 0 Å². The average Bonchev–Trinajstić information content (AvgIpc) is 2.16. The Hall–Kier alpha value is -1.58. The zero-order chi connectivity index (χ0) is 9.84. The van der Waals surface area contributed by atoms with Gasteiger partial charge in [0.1, 0.15) is 0 Å². The van der Waals surface area contributed by atoms with Gasteiger partial charge >= 0.3 is 5.97 Å². The average molecular weight is 181 g/mol. The lowest BCUT2D eigenvalue weighted by atomic mass is 10.3. The molecule has 0 saturated heterocycles. The van der Waals surface area contributed by atoms with Crippen LogP contribution < -0.4 is 5.56 Å². The lowest BCUT2D eigenvalue weighted by Crippen LogP contribution is -2.19. The molecule has 1 rings (SSSR count). The van der Waals surface area contributed by atoms with Crippen LogP contribution in [0.5, 0.6) is 0 Å². The monoisotopic (exact) mass is 181 g/mol. The molecule has 0 aromatic carbocycles. The maximum absolute atomic E-state index is 11.2. The zero-order valence-corrected chi connectivity index (χ0v) is 7.61. The topological polar surface area (TPSA) is 48.3 Å². The molecule has 70 valence electrons. The Bertz CT molecular complexity index is 367. The summed E-state index contributed by atoms with van der Waals surface area (Å²) in [7, 11) is 1.29. The van der Waals surface area contributed by atoms with E-state index in [1.165, 1.54) is 17.7 Å². The SMILES string of the molecule is CCn1ccc(C(=O)OC)cc1=O. The lowest BCUT2D eigenvalue weighted by Gasteiger charge is -2.02. The van der Waals surface area contributed by atoms with Gasteiger partial charge in [0.25, 0.3) is 5.56 Å². The van der Waals surface area contributed by atoms with Crippen molar-refractivity contribution in [2.24, 2.45) is 0 Å². The van der Waals surface area contributed by atoms with E-state index in [0.717, 1.165) is 0 Å². The van der Waals surface area contributed by atoms with E-state index in [4.69, 9.17) is 0 Å². The van der Waals surface area contributed by atoms with Crippen molar-refractivity contribution >= 4 is 5.97 Å². The molecule has 0 saturated carbocycles. The Balaban J connectivity index is 3.10. The van der Waals surface area contributed by atoms with Gasteiger partial charge in [0.2, 0.25) is 0 Å². The number of hydrogen-bond donors (Lipinski definition) is 0. The first-order valence-corrected chi connectivity index (χ1v) is 3.98. The summed E-state index contributed by atoms with van der Waals surface area (Å²) in [5, 5.41) is 0. The Kier molecular flexibility index (Phi) is 2.84. The molecule has 1 aromatic heterocycles. The van der Waals surface area contributed by atoms with Crippen LogP contribution in [-0.4, -0.2) is 17.6 Å². The minimum absolute atomic E-state index is 0.189. The summed E-state index contributed by atoms with van der Waals surface area (Å²) < 4.78 is 5.98. The van der Waals surface area contributed by atoms with Crippen molar-refractivity contribution in [3.05, 3.63) is 34.2 Å². The Morgan fingerprint density at radius 2 is 2.31 bits per heavy atom. The van der Waals surface area contributed by atoms with E-state index < -0.39 is 5.97 Å². The number of aryl methyl sites for hydroxylation is 1. The number of ether oxygens (including phenoxy) is 1. The van der Waals surface area contributed by atoms with E-state index in [-0.39, 0.29) is 11.1 Å². The maximum atomic E-state index is 11.2. The molecule has 1 aromatic rings. The van der Waals surface area contributed by atoms with Crippen molar-refractivity contribution in [2.75, 3.05) is 7.11 Å². The molecule has 0 spiro atoms. The first kappa shape index (κ1) is 9.51. The summed E-state index contributed by atoms with van der Waals surface area (Å²) in [6, 6.07) is 2.84. The van der Waals surface area contributed by atoms with E-state index in [2.05, 4.69) is 4.74 Å². The zero-order valence-electron chi connectivity index (χ0n) is 7.61. The minimum Gasteiger partial charge on any atom is -0.465 e. The van der Waals surface area contributed by atoms with Crippen LogP contribution in [0.3, 0.4) is 0 Å². The molecule has 0 radical (unpaired) electrons. The van der Waals surface area contributed by atoms with Crippen molar-refractivity contribution in [3.63, 3.8) is 0 Å². The van der Waals surface area contributed by atoms with Crippen LogP contribution in [-0.2, 0) is 11.3 Å². The van der Waals surface area contributed by atoms with Crippen LogP contribution >= 0.6 is 0 Å². The van der Waals surface area contributed by atoms with Gasteiger partial charge < -0.3 is 9.30 Å². The van der Waals surface area contributed by atoms with Gasteiger partial charge in [-0.3, -0.25) is 4.79 Å². The molecule has 0 N–H and O–H groups in total. The normalized spacial score (nSPS) is 9.69. The molecule has 0 atom stereocenters. The third kappa shape index (κ3) is 1.96. The standard InChI is InChI=1S/C9H11NO3/c1-3-10-5-4-7(6-8(10)11)9(12)13-2/h4-6H,3H2,1-2H3. The van der Waals surface area contributed by atoms with Crippen molar-refractivity contribution < 1.29 is 9.53 Å². The van der Waals surface area contributed by atoms with Gasteiger partial charge in [0.15, 0.2) is 0 Å². The number of nitrogens with zero attached hydrogens (tertiary/aromatic N) is 1. The van der Waals surface area contributed by atoms with Crippen molar-refractivity contribution in [2.45, 2.75) is 13.5 Å². The molecule has 4 nitrogen and oxygen atoms in total. The van der Waals surface area contributed by atoms with Crippen molar-refractivity contribution in [1.29, 1.82) is 0 Å². The molecule has 0 amide bonds. The number of rotatable bonds is 2. The lowest BCUT2D eigenvalue weighted by molar-refractivity contribution is 0.0600. The molecule has 13 heavy (non-hydrogen) atoms. The van der Waals surface area contributed by atoms with Gasteiger partial charge in [0, 0.05) is 18.8 Å². The fraction of sp³-hybridized carbons (Fsp3) is 0.333. The molecule has 0 unspecified atom stereocenters. The smallest absolute Gasteiger partial charge is 0.338 e. The summed E-state index contributed by atoms with van der Waals surface area (Å²) in [6.07, 6.45) is 1.58. The third-order valence-corrected chi connectivity index (χ3v) is 1.76. The highest BCUT2D eigenvalue weighted by atomic mass is 16.5. The highest BCUT2D eigenvalue weighted by Crippen LogP contribution is 1.96. The highest BCUT2D eigenvalue weighted by molar-refractivity contribution is 5.88. The quantitative estimate of drug-likeness (QED) is 0.629. The van der Waals surface area contributed by atoms with E-state index >= 15 is 0 Å². The molecule has 0 aliphatic rings. The van der Waals surface area contributed by atoms with Crippen LogP contribution in [0.2, 0.25) is 0 Å². The molecule has 0 aliphatic carbocycles. The molecule has 4 heteroatoms. The molecular weight excluding hydrogens is 170 g/mol. The predicted molar refractivity (Wildman–Crippen MR) is 47.7 cm³/mol. The summed E-state index contributed by atoms with van der Waals surface area (Å²) in [5.41, 5.74) is 0.0996. The van der Waals surface area contributed by atoms with Gasteiger partial charge in [-0.05, 0) is 13.0 Å². The second-order valence-corrected chi connectivity index (χ2v) is 2.53. The van der Waals surface area contributed by atoms with Gasteiger partial charge in [-0.25, -0.2) is 4.79 Å². The number of carbonyl (C=O) groups is 1. The minimum atomic E-state index is -0.486. The summed E-state index contributed by atoms with van der Waals surface area (Å²) >= 11 is 0. The molecule has 0 aliphatic heterocycles. The van der Waals surface area contributed by atoms with E-state index in [9.17, 15) is 9.59 Å². The van der Waals surface area contributed by atoms with Gasteiger partial charge in [-0.15, -0.1) is 0 Å². The number of hydrogen-bond acceptors (Lipinski definition) is 3. The fourth-order valence-corrected chi connectivity index (χ4v) is 1.01. The number of pyridine rings is 1. The third-order valence-electron chi connectivity index (χ3n) is 1.76. The first-order chi connectivity index (χ1) is 6.19. The number of methoxy groups -OCH3 is 1. The largest absolute Gasteiger partial charge is 0.465 e.